The smallest absolute Gasteiger partial charge is 0.0896 e. The maximum absolute atomic E-state index is 10.7. The summed E-state index contributed by atoms with van der Waals surface area (Å²) in [6, 6.07) is 8.37. The fraction of sp³-hybridized carbons (Fsp3) is 0.600. The summed E-state index contributed by atoms with van der Waals surface area (Å²) in [5.41, 5.74) is 1.79. The molecule has 2 rings (SSSR count). The van der Waals surface area contributed by atoms with Crippen LogP contribution in [0.25, 0.3) is 0 Å². The second-order valence-electron chi connectivity index (χ2n) is 5.43. The first-order valence-corrected chi connectivity index (χ1v) is 6.40. The Balaban J connectivity index is 2.20. The maximum atomic E-state index is 10.7. The molecule has 0 bridgehead atoms. The summed E-state index contributed by atoms with van der Waals surface area (Å²) in [6.45, 7) is 4.38. The van der Waals surface area contributed by atoms with Crippen molar-refractivity contribution < 1.29 is 5.11 Å². The highest BCUT2D eigenvalue weighted by atomic mass is 16.3. The summed E-state index contributed by atoms with van der Waals surface area (Å²) < 4.78 is 0. The first-order chi connectivity index (χ1) is 7.60. The van der Waals surface area contributed by atoms with Crippen LogP contribution in [0.4, 0.5) is 0 Å². The van der Waals surface area contributed by atoms with Gasteiger partial charge in [-0.1, -0.05) is 43.2 Å². The number of rotatable bonds is 1. The zero-order valence-corrected chi connectivity index (χ0v) is 10.4. The number of benzene rings is 1. The summed E-state index contributed by atoms with van der Waals surface area (Å²) >= 11 is 0. The standard InChI is InChI=1S/C15H22O/c1-12-4-3-10-15(16,11-9-12)14-7-5-13(2)6-8-14/h5-8,12,16H,3-4,9-11H2,1-2H3. The molecule has 0 aromatic heterocycles. The fourth-order valence-electron chi connectivity index (χ4n) is 2.65. The molecule has 1 heteroatoms. The third-order valence-electron chi connectivity index (χ3n) is 3.93. The quantitative estimate of drug-likeness (QED) is 0.711. The molecule has 0 heterocycles. The Morgan fingerprint density at radius 1 is 1.12 bits per heavy atom. The Bertz CT molecular complexity index is 341. The van der Waals surface area contributed by atoms with E-state index in [-0.39, 0.29) is 0 Å². The molecular formula is C15H22O. The van der Waals surface area contributed by atoms with Gasteiger partial charge in [0.2, 0.25) is 0 Å². The Hall–Kier alpha value is -0.820. The van der Waals surface area contributed by atoms with E-state index in [1.807, 2.05) is 0 Å². The summed E-state index contributed by atoms with van der Waals surface area (Å²) in [6.07, 6.45) is 5.38. The van der Waals surface area contributed by atoms with Crippen LogP contribution in [0.15, 0.2) is 24.3 Å². The van der Waals surface area contributed by atoms with Gasteiger partial charge in [-0.2, -0.15) is 0 Å². The number of hydrogen-bond acceptors (Lipinski definition) is 1. The maximum Gasteiger partial charge on any atom is 0.0896 e. The van der Waals surface area contributed by atoms with Crippen molar-refractivity contribution in [3.8, 4) is 0 Å². The highest BCUT2D eigenvalue weighted by Crippen LogP contribution is 2.37. The highest BCUT2D eigenvalue weighted by molar-refractivity contribution is 5.26. The largest absolute Gasteiger partial charge is 0.385 e. The molecule has 1 aliphatic rings. The van der Waals surface area contributed by atoms with Crippen LogP contribution in [0.3, 0.4) is 0 Å². The van der Waals surface area contributed by atoms with E-state index >= 15 is 0 Å². The van der Waals surface area contributed by atoms with Crippen LogP contribution in [-0.4, -0.2) is 5.11 Å². The van der Waals surface area contributed by atoms with Crippen molar-refractivity contribution in [1.82, 2.24) is 0 Å². The second-order valence-corrected chi connectivity index (χ2v) is 5.43. The van der Waals surface area contributed by atoms with Crippen LogP contribution in [-0.2, 0) is 5.60 Å². The van der Waals surface area contributed by atoms with Crippen LogP contribution < -0.4 is 0 Å². The number of aryl methyl sites for hydroxylation is 1. The molecule has 88 valence electrons. The Kier molecular flexibility index (Phi) is 3.34. The predicted octanol–water partition coefficient (Wildman–Crippen LogP) is 3.78. The summed E-state index contributed by atoms with van der Waals surface area (Å²) in [5.74, 6) is 0.763. The molecule has 0 saturated heterocycles. The molecule has 16 heavy (non-hydrogen) atoms. The van der Waals surface area contributed by atoms with Gasteiger partial charge in [-0.3, -0.25) is 0 Å². The van der Waals surface area contributed by atoms with E-state index in [9.17, 15) is 5.11 Å². The Labute approximate surface area is 98.5 Å². The molecule has 1 saturated carbocycles. The monoisotopic (exact) mass is 218 g/mol. The molecule has 0 amide bonds. The van der Waals surface area contributed by atoms with E-state index in [4.69, 9.17) is 0 Å². The van der Waals surface area contributed by atoms with Crippen molar-refractivity contribution in [3.05, 3.63) is 35.4 Å². The van der Waals surface area contributed by atoms with Gasteiger partial charge in [0.05, 0.1) is 5.60 Å². The van der Waals surface area contributed by atoms with E-state index in [1.165, 1.54) is 12.0 Å². The summed E-state index contributed by atoms with van der Waals surface area (Å²) in [7, 11) is 0. The minimum Gasteiger partial charge on any atom is -0.385 e. The molecule has 2 atom stereocenters. The molecule has 0 spiro atoms. The average Bonchev–Trinajstić information content (AvgIpc) is 2.43. The first-order valence-electron chi connectivity index (χ1n) is 6.40. The summed E-state index contributed by atoms with van der Waals surface area (Å²) in [5, 5.41) is 10.7. The second kappa shape index (κ2) is 4.58. The van der Waals surface area contributed by atoms with Crippen LogP contribution in [0.2, 0.25) is 0 Å². The van der Waals surface area contributed by atoms with Gasteiger partial charge in [-0.15, -0.1) is 0 Å². The Morgan fingerprint density at radius 2 is 1.81 bits per heavy atom. The van der Waals surface area contributed by atoms with Crippen molar-refractivity contribution >= 4 is 0 Å². The molecule has 2 unspecified atom stereocenters. The molecule has 1 aliphatic carbocycles. The molecule has 0 aliphatic heterocycles. The van der Waals surface area contributed by atoms with Gasteiger partial charge in [0.15, 0.2) is 0 Å². The van der Waals surface area contributed by atoms with E-state index < -0.39 is 5.60 Å². The third-order valence-corrected chi connectivity index (χ3v) is 3.93. The minimum absolute atomic E-state index is 0.571. The third kappa shape index (κ3) is 2.46. The SMILES string of the molecule is Cc1ccc(C2(O)CCCC(C)CC2)cc1. The molecular weight excluding hydrogens is 196 g/mol. The molecule has 1 aromatic carbocycles. The van der Waals surface area contributed by atoms with Gasteiger partial charge in [0, 0.05) is 0 Å². The van der Waals surface area contributed by atoms with Crippen LogP contribution in [0.1, 0.15) is 50.2 Å². The first kappa shape index (κ1) is 11.7. The summed E-state index contributed by atoms with van der Waals surface area (Å²) in [4.78, 5) is 0. The van der Waals surface area contributed by atoms with Crippen molar-refractivity contribution in [2.24, 2.45) is 5.92 Å². The molecule has 0 radical (unpaired) electrons. The van der Waals surface area contributed by atoms with Crippen molar-refractivity contribution in [1.29, 1.82) is 0 Å². The predicted molar refractivity (Wildman–Crippen MR) is 67.3 cm³/mol. The van der Waals surface area contributed by atoms with Crippen LogP contribution in [0, 0.1) is 12.8 Å². The van der Waals surface area contributed by atoms with Gasteiger partial charge in [0.25, 0.3) is 0 Å². The van der Waals surface area contributed by atoms with Gasteiger partial charge >= 0.3 is 0 Å². The van der Waals surface area contributed by atoms with Gasteiger partial charge in [0.1, 0.15) is 0 Å². The molecule has 1 fully saturated rings. The van der Waals surface area contributed by atoms with Crippen molar-refractivity contribution in [2.45, 2.75) is 51.6 Å². The normalized spacial score (nSPS) is 31.1. The lowest BCUT2D eigenvalue weighted by Gasteiger charge is -2.27. The molecule has 1 nitrogen and oxygen atoms in total. The number of hydrogen-bond donors (Lipinski definition) is 1. The van der Waals surface area contributed by atoms with Gasteiger partial charge in [-0.25, -0.2) is 0 Å². The average molecular weight is 218 g/mol. The molecule has 1 aromatic rings. The lowest BCUT2D eigenvalue weighted by atomic mass is 9.86. The van der Waals surface area contributed by atoms with Gasteiger partial charge in [-0.05, 0) is 44.1 Å². The fourth-order valence-corrected chi connectivity index (χ4v) is 2.65. The zero-order chi connectivity index (χ0) is 11.6. The van der Waals surface area contributed by atoms with E-state index in [2.05, 4.69) is 38.1 Å². The van der Waals surface area contributed by atoms with E-state index in [0.29, 0.717) is 0 Å². The van der Waals surface area contributed by atoms with Crippen LogP contribution >= 0.6 is 0 Å². The molecule has 1 N–H and O–H groups in total. The van der Waals surface area contributed by atoms with Crippen molar-refractivity contribution in [2.75, 3.05) is 0 Å². The zero-order valence-electron chi connectivity index (χ0n) is 10.4. The highest BCUT2D eigenvalue weighted by Gasteiger charge is 2.31. The van der Waals surface area contributed by atoms with E-state index in [1.54, 1.807) is 0 Å². The minimum atomic E-state index is -0.571. The van der Waals surface area contributed by atoms with Crippen LogP contribution in [0.5, 0.6) is 0 Å². The lowest BCUT2D eigenvalue weighted by Crippen LogP contribution is -2.24. The van der Waals surface area contributed by atoms with Gasteiger partial charge < -0.3 is 5.11 Å². The number of aliphatic hydroxyl groups is 1. The van der Waals surface area contributed by atoms with E-state index in [0.717, 1.165) is 37.2 Å². The topological polar surface area (TPSA) is 20.2 Å². The van der Waals surface area contributed by atoms with Crippen molar-refractivity contribution in [3.63, 3.8) is 0 Å². The Morgan fingerprint density at radius 3 is 2.50 bits per heavy atom. The lowest BCUT2D eigenvalue weighted by molar-refractivity contribution is 0.0198.